The summed E-state index contributed by atoms with van der Waals surface area (Å²) in [6.45, 7) is 4.83. The molecule has 0 atom stereocenters. The highest BCUT2D eigenvalue weighted by molar-refractivity contribution is 9.09. The van der Waals surface area contributed by atoms with Crippen LogP contribution in [0.25, 0.3) is 0 Å². The van der Waals surface area contributed by atoms with Gasteiger partial charge in [-0.25, -0.2) is 0 Å². The first-order valence-electron chi connectivity index (χ1n) is 4.68. The van der Waals surface area contributed by atoms with Crippen molar-refractivity contribution in [2.45, 2.75) is 38.6 Å². The van der Waals surface area contributed by atoms with Crippen molar-refractivity contribution in [1.29, 1.82) is 0 Å². The van der Waals surface area contributed by atoms with E-state index in [0.717, 1.165) is 11.4 Å². The van der Waals surface area contributed by atoms with Crippen molar-refractivity contribution in [2.24, 2.45) is 0 Å². The summed E-state index contributed by atoms with van der Waals surface area (Å²) >= 11 is 3.46. The van der Waals surface area contributed by atoms with E-state index in [9.17, 15) is 0 Å². The van der Waals surface area contributed by atoms with Crippen molar-refractivity contribution >= 4 is 15.9 Å². The third-order valence-corrected chi connectivity index (χ3v) is 2.86. The molecule has 0 saturated heterocycles. The zero-order chi connectivity index (χ0) is 8.10. The van der Waals surface area contributed by atoms with E-state index in [1.807, 2.05) is 0 Å². The van der Waals surface area contributed by atoms with Gasteiger partial charge in [0.05, 0.1) is 0 Å². The van der Waals surface area contributed by atoms with Crippen LogP contribution in [-0.2, 0) is 0 Å². The van der Waals surface area contributed by atoms with E-state index in [0.29, 0.717) is 0 Å². The molecular weight excluding hydrogens is 202 g/mol. The molecule has 0 spiro atoms. The molecule has 0 aromatic rings. The zero-order valence-corrected chi connectivity index (χ0v) is 8.94. The molecule has 1 saturated carbocycles. The molecule has 1 aliphatic rings. The third-order valence-electron chi connectivity index (χ3n) is 2.30. The minimum atomic E-state index is 0.954. The van der Waals surface area contributed by atoms with Crippen LogP contribution in [-0.4, -0.2) is 29.4 Å². The molecule has 1 nitrogen and oxygen atoms in total. The lowest BCUT2D eigenvalue weighted by atomic mass is 10.3. The second-order valence-corrected chi connectivity index (χ2v) is 4.05. The molecule has 0 bridgehead atoms. The Kier molecular flexibility index (Phi) is 4.46. The lowest BCUT2D eigenvalue weighted by Gasteiger charge is -2.18. The van der Waals surface area contributed by atoms with Crippen molar-refractivity contribution < 1.29 is 0 Å². The van der Waals surface area contributed by atoms with Gasteiger partial charge in [0.1, 0.15) is 0 Å². The molecule has 1 rings (SSSR count). The number of alkyl halides is 1. The van der Waals surface area contributed by atoms with Gasteiger partial charge < -0.3 is 4.90 Å². The number of hydrogen-bond acceptors (Lipinski definition) is 1. The Morgan fingerprint density at radius 1 is 1.36 bits per heavy atom. The minimum absolute atomic E-state index is 0.954. The maximum absolute atomic E-state index is 3.46. The minimum Gasteiger partial charge on any atom is -0.301 e. The van der Waals surface area contributed by atoms with E-state index < -0.39 is 0 Å². The van der Waals surface area contributed by atoms with Crippen LogP contribution in [0.3, 0.4) is 0 Å². The molecule has 0 aromatic carbocycles. The topological polar surface area (TPSA) is 3.24 Å². The van der Waals surface area contributed by atoms with Crippen LogP contribution < -0.4 is 0 Å². The first-order valence-corrected chi connectivity index (χ1v) is 5.80. The standard InChI is InChI=1S/C9H18BrN/c1-2-11(9-5-6-9)8-4-3-7-10/h9H,2-8H2,1H3. The summed E-state index contributed by atoms with van der Waals surface area (Å²) in [4.78, 5) is 2.61. The van der Waals surface area contributed by atoms with Crippen LogP contribution in [0.15, 0.2) is 0 Å². The maximum atomic E-state index is 3.46. The van der Waals surface area contributed by atoms with Crippen molar-refractivity contribution in [2.75, 3.05) is 18.4 Å². The summed E-state index contributed by atoms with van der Waals surface area (Å²) in [5.74, 6) is 0. The summed E-state index contributed by atoms with van der Waals surface area (Å²) in [5.41, 5.74) is 0. The number of nitrogens with zero attached hydrogens (tertiary/aromatic N) is 1. The third kappa shape index (κ3) is 3.57. The molecule has 2 heteroatoms. The van der Waals surface area contributed by atoms with Gasteiger partial charge in [-0.05, 0) is 38.8 Å². The highest BCUT2D eigenvalue weighted by Crippen LogP contribution is 2.26. The lowest BCUT2D eigenvalue weighted by molar-refractivity contribution is 0.274. The quantitative estimate of drug-likeness (QED) is 0.491. The normalized spacial score (nSPS) is 17.7. The molecule has 0 N–H and O–H groups in total. The Hall–Kier alpha value is 0.440. The Labute approximate surface area is 78.3 Å². The summed E-state index contributed by atoms with van der Waals surface area (Å²) in [5, 5.41) is 1.16. The first kappa shape index (κ1) is 9.53. The smallest absolute Gasteiger partial charge is 0.00963 e. The van der Waals surface area contributed by atoms with Crippen LogP contribution >= 0.6 is 15.9 Å². The SMILES string of the molecule is CCN(CCCCBr)C1CC1. The predicted octanol–water partition coefficient (Wildman–Crippen LogP) is 2.65. The molecule has 0 amide bonds. The Bertz CT molecular complexity index is 102. The average molecular weight is 220 g/mol. The molecule has 1 fully saturated rings. The van der Waals surface area contributed by atoms with Gasteiger partial charge in [0, 0.05) is 11.4 Å². The van der Waals surface area contributed by atoms with Crippen LogP contribution in [0.2, 0.25) is 0 Å². The number of unbranched alkanes of at least 4 members (excludes halogenated alkanes) is 1. The second-order valence-electron chi connectivity index (χ2n) is 3.26. The van der Waals surface area contributed by atoms with E-state index in [1.165, 1.54) is 38.8 Å². The highest BCUT2D eigenvalue weighted by Gasteiger charge is 2.26. The summed E-state index contributed by atoms with van der Waals surface area (Å²) < 4.78 is 0. The number of rotatable bonds is 6. The Morgan fingerprint density at radius 3 is 2.55 bits per heavy atom. The van der Waals surface area contributed by atoms with Crippen molar-refractivity contribution in [3.8, 4) is 0 Å². The van der Waals surface area contributed by atoms with Crippen LogP contribution in [0.5, 0.6) is 0 Å². The second kappa shape index (κ2) is 5.15. The summed E-state index contributed by atoms with van der Waals surface area (Å²) in [6, 6.07) is 0.954. The van der Waals surface area contributed by atoms with Gasteiger partial charge in [-0.2, -0.15) is 0 Å². The molecule has 0 unspecified atom stereocenters. The average Bonchev–Trinajstić information content (AvgIpc) is 2.81. The highest BCUT2D eigenvalue weighted by atomic mass is 79.9. The molecular formula is C9H18BrN. The first-order chi connectivity index (χ1) is 5.38. The Morgan fingerprint density at radius 2 is 2.09 bits per heavy atom. The fourth-order valence-electron chi connectivity index (χ4n) is 1.45. The van der Waals surface area contributed by atoms with Gasteiger partial charge in [-0.15, -0.1) is 0 Å². The Balaban J connectivity index is 2.01. The molecule has 0 aliphatic heterocycles. The van der Waals surface area contributed by atoms with E-state index in [4.69, 9.17) is 0 Å². The molecule has 0 heterocycles. The lowest BCUT2D eigenvalue weighted by Crippen LogP contribution is -2.26. The van der Waals surface area contributed by atoms with E-state index in [1.54, 1.807) is 0 Å². The maximum Gasteiger partial charge on any atom is 0.00963 e. The van der Waals surface area contributed by atoms with Crippen LogP contribution in [0, 0.1) is 0 Å². The van der Waals surface area contributed by atoms with E-state index >= 15 is 0 Å². The van der Waals surface area contributed by atoms with Crippen molar-refractivity contribution in [1.82, 2.24) is 4.90 Å². The number of hydrogen-bond donors (Lipinski definition) is 0. The molecule has 0 aromatic heterocycles. The van der Waals surface area contributed by atoms with Gasteiger partial charge in [0.2, 0.25) is 0 Å². The van der Waals surface area contributed by atoms with Crippen molar-refractivity contribution in [3.05, 3.63) is 0 Å². The van der Waals surface area contributed by atoms with Gasteiger partial charge in [-0.3, -0.25) is 0 Å². The summed E-state index contributed by atoms with van der Waals surface area (Å²) in [7, 11) is 0. The van der Waals surface area contributed by atoms with E-state index in [-0.39, 0.29) is 0 Å². The molecule has 11 heavy (non-hydrogen) atoms. The van der Waals surface area contributed by atoms with Gasteiger partial charge >= 0.3 is 0 Å². The largest absolute Gasteiger partial charge is 0.301 e. The molecule has 0 radical (unpaired) electrons. The van der Waals surface area contributed by atoms with Crippen LogP contribution in [0.1, 0.15) is 32.6 Å². The van der Waals surface area contributed by atoms with Gasteiger partial charge in [0.15, 0.2) is 0 Å². The van der Waals surface area contributed by atoms with E-state index in [2.05, 4.69) is 27.8 Å². The molecule has 66 valence electrons. The van der Waals surface area contributed by atoms with Crippen molar-refractivity contribution in [3.63, 3.8) is 0 Å². The predicted molar refractivity (Wildman–Crippen MR) is 53.3 cm³/mol. The summed E-state index contributed by atoms with van der Waals surface area (Å²) in [6.07, 6.45) is 5.57. The molecule has 1 aliphatic carbocycles. The fraction of sp³-hybridized carbons (Fsp3) is 1.00. The number of halogens is 1. The van der Waals surface area contributed by atoms with Gasteiger partial charge in [-0.1, -0.05) is 22.9 Å². The van der Waals surface area contributed by atoms with Crippen LogP contribution in [0.4, 0.5) is 0 Å². The zero-order valence-electron chi connectivity index (χ0n) is 7.35. The fourth-order valence-corrected chi connectivity index (χ4v) is 1.84. The monoisotopic (exact) mass is 219 g/mol. The van der Waals surface area contributed by atoms with Gasteiger partial charge in [0.25, 0.3) is 0 Å².